The molecule has 13 heteroatoms. The molecule has 0 fully saturated rings. The summed E-state index contributed by atoms with van der Waals surface area (Å²) >= 11 is 0. The van der Waals surface area contributed by atoms with E-state index in [-0.39, 0.29) is 12.5 Å². The highest BCUT2D eigenvalue weighted by Crippen LogP contribution is 2.34. The Labute approximate surface area is 231 Å². The van der Waals surface area contributed by atoms with E-state index in [0.29, 0.717) is 34.8 Å². The zero-order chi connectivity index (χ0) is 29.6. The van der Waals surface area contributed by atoms with Crippen molar-refractivity contribution in [2.75, 3.05) is 0 Å². The number of aromatic amines is 1. The van der Waals surface area contributed by atoms with Crippen LogP contribution in [0, 0.1) is 6.92 Å². The summed E-state index contributed by atoms with van der Waals surface area (Å²) in [4.78, 5) is 35.5. The summed E-state index contributed by atoms with van der Waals surface area (Å²) in [5, 5.41) is 17.5. The number of pyridine rings is 2. The average Bonchev–Trinajstić information content (AvgIpc) is 3.40. The van der Waals surface area contributed by atoms with Crippen LogP contribution in [0.2, 0.25) is 0 Å². The first kappa shape index (κ1) is 28.8. The van der Waals surface area contributed by atoms with Gasteiger partial charge in [-0.2, -0.15) is 18.3 Å². The number of aryl methyl sites for hydroxylation is 1. The van der Waals surface area contributed by atoms with Crippen LogP contribution in [0.5, 0.6) is 0 Å². The zero-order valence-corrected chi connectivity index (χ0v) is 21.6. The standard InChI is InChI=1S/C26H23N7O.C2HF3O2/c1-16-30-23(33-32-16)15-29-26(34)25-21-13-20(18-5-3-2-4-6-18)24(31-22(21)11-12-28-25)19-9-7-17(14-27)8-10-19;3-2(4,5)1(6)7/h2-13H,14-15,27H2,1H3,(H,29,34)(H,30,32,33);(H,6,7). The summed E-state index contributed by atoms with van der Waals surface area (Å²) in [6.07, 6.45) is -3.48. The number of nitrogens with two attached hydrogens (primary N) is 1. The molecule has 0 saturated heterocycles. The van der Waals surface area contributed by atoms with Crippen LogP contribution in [-0.4, -0.2) is 48.3 Å². The van der Waals surface area contributed by atoms with E-state index >= 15 is 0 Å². The van der Waals surface area contributed by atoms with E-state index < -0.39 is 12.1 Å². The largest absolute Gasteiger partial charge is 0.490 e. The highest BCUT2D eigenvalue weighted by atomic mass is 19.4. The lowest BCUT2D eigenvalue weighted by Gasteiger charge is -2.13. The van der Waals surface area contributed by atoms with Crippen LogP contribution in [-0.2, 0) is 17.9 Å². The summed E-state index contributed by atoms with van der Waals surface area (Å²) in [5.41, 5.74) is 11.5. The van der Waals surface area contributed by atoms with Crippen LogP contribution in [0.25, 0.3) is 33.3 Å². The molecular formula is C28H24F3N7O3. The molecule has 0 bridgehead atoms. The molecule has 0 aliphatic carbocycles. The lowest BCUT2D eigenvalue weighted by molar-refractivity contribution is -0.192. The number of nitrogens with one attached hydrogen (secondary N) is 2. The van der Waals surface area contributed by atoms with E-state index in [2.05, 4.69) is 25.5 Å². The minimum Gasteiger partial charge on any atom is -0.475 e. The SMILES string of the molecule is Cc1nc(CNC(=O)c2nccc3nc(-c4ccc(CN)cc4)c(-c4ccccc4)cc23)n[nH]1.O=C(O)C(F)(F)F. The summed E-state index contributed by atoms with van der Waals surface area (Å²) in [6.45, 7) is 2.49. The Morgan fingerprint density at radius 2 is 1.68 bits per heavy atom. The van der Waals surface area contributed by atoms with Crippen LogP contribution >= 0.6 is 0 Å². The third kappa shape index (κ3) is 7.08. The number of aliphatic carboxylic acids is 1. The van der Waals surface area contributed by atoms with Crippen LogP contribution < -0.4 is 11.1 Å². The number of benzene rings is 2. The number of halogens is 3. The Hall–Kier alpha value is -5.17. The van der Waals surface area contributed by atoms with Gasteiger partial charge in [-0.05, 0) is 30.2 Å². The minimum absolute atomic E-state index is 0.200. The van der Waals surface area contributed by atoms with E-state index in [1.165, 1.54) is 0 Å². The van der Waals surface area contributed by atoms with E-state index in [9.17, 15) is 18.0 Å². The molecule has 0 unspecified atom stereocenters. The number of hydrogen-bond acceptors (Lipinski definition) is 7. The predicted molar refractivity (Wildman–Crippen MR) is 144 cm³/mol. The maximum Gasteiger partial charge on any atom is 0.490 e. The third-order valence-corrected chi connectivity index (χ3v) is 5.80. The van der Waals surface area contributed by atoms with Crippen molar-refractivity contribution >= 4 is 22.8 Å². The van der Waals surface area contributed by atoms with Crippen LogP contribution in [0.15, 0.2) is 72.9 Å². The van der Waals surface area contributed by atoms with Crippen molar-refractivity contribution in [3.05, 3.63) is 95.8 Å². The van der Waals surface area contributed by atoms with Gasteiger partial charge in [0.15, 0.2) is 5.82 Å². The van der Waals surface area contributed by atoms with E-state index in [1.54, 1.807) is 6.20 Å². The molecule has 3 aromatic heterocycles. The molecule has 10 nitrogen and oxygen atoms in total. The second-order valence-corrected chi connectivity index (χ2v) is 8.70. The Morgan fingerprint density at radius 3 is 2.27 bits per heavy atom. The van der Waals surface area contributed by atoms with Crippen molar-refractivity contribution in [2.24, 2.45) is 5.73 Å². The van der Waals surface area contributed by atoms with Gasteiger partial charge >= 0.3 is 12.1 Å². The fraction of sp³-hybridized carbons (Fsp3) is 0.143. The smallest absolute Gasteiger partial charge is 0.475 e. The Balaban J connectivity index is 0.000000493. The number of hydrogen-bond donors (Lipinski definition) is 4. The topological polar surface area (TPSA) is 160 Å². The monoisotopic (exact) mass is 563 g/mol. The summed E-state index contributed by atoms with van der Waals surface area (Å²) in [5.74, 6) is -1.87. The molecule has 5 rings (SSSR count). The number of alkyl halides is 3. The maximum absolute atomic E-state index is 13.0. The summed E-state index contributed by atoms with van der Waals surface area (Å²) in [6, 6.07) is 21.9. The molecule has 210 valence electrons. The molecule has 2 aromatic carbocycles. The number of carboxylic acid groups (broad SMARTS) is 1. The van der Waals surface area contributed by atoms with E-state index in [1.807, 2.05) is 73.7 Å². The van der Waals surface area contributed by atoms with Crippen molar-refractivity contribution in [1.82, 2.24) is 30.5 Å². The molecule has 5 aromatic rings. The van der Waals surface area contributed by atoms with Gasteiger partial charge in [0.05, 0.1) is 17.8 Å². The molecule has 3 heterocycles. The van der Waals surface area contributed by atoms with E-state index in [4.69, 9.17) is 20.6 Å². The lowest BCUT2D eigenvalue weighted by atomic mass is 9.96. The maximum atomic E-state index is 13.0. The van der Waals surface area contributed by atoms with Gasteiger partial charge in [-0.3, -0.25) is 14.9 Å². The van der Waals surface area contributed by atoms with Gasteiger partial charge in [-0.15, -0.1) is 0 Å². The summed E-state index contributed by atoms with van der Waals surface area (Å²) in [7, 11) is 0. The number of amides is 1. The molecule has 0 aliphatic rings. The fourth-order valence-corrected chi connectivity index (χ4v) is 3.84. The number of rotatable bonds is 6. The first-order valence-electron chi connectivity index (χ1n) is 12.2. The molecule has 41 heavy (non-hydrogen) atoms. The fourth-order valence-electron chi connectivity index (χ4n) is 3.84. The first-order valence-corrected chi connectivity index (χ1v) is 12.2. The molecule has 5 N–H and O–H groups in total. The second kappa shape index (κ2) is 12.3. The van der Waals surface area contributed by atoms with Gasteiger partial charge < -0.3 is 16.2 Å². The number of nitrogens with zero attached hydrogens (tertiary/aromatic N) is 4. The lowest BCUT2D eigenvalue weighted by Crippen LogP contribution is -2.24. The van der Waals surface area contributed by atoms with Gasteiger partial charge in [-0.25, -0.2) is 14.8 Å². The number of H-pyrrole nitrogens is 1. The molecule has 0 radical (unpaired) electrons. The van der Waals surface area contributed by atoms with Gasteiger partial charge in [0.1, 0.15) is 11.5 Å². The Bertz CT molecular complexity index is 1670. The number of carbonyl (C=O) groups is 2. The molecule has 0 aliphatic heterocycles. The highest BCUT2D eigenvalue weighted by Gasteiger charge is 2.38. The quantitative estimate of drug-likeness (QED) is 0.236. The highest BCUT2D eigenvalue weighted by molar-refractivity contribution is 6.06. The Morgan fingerprint density at radius 1 is 1.00 bits per heavy atom. The third-order valence-electron chi connectivity index (χ3n) is 5.80. The molecule has 0 saturated carbocycles. The average molecular weight is 564 g/mol. The zero-order valence-electron chi connectivity index (χ0n) is 21.6. The van der Waals surface area contributed by atoms with Crippen LogP contribution in [0.4, 0.5) is 13.2 Å². The van der Waals surface area contributed by atoms with E-state index in [0.717, 1.165) is 27.9 Å². The number of aromatic nitrogens is 5. The van der Waals surface area contributed by atoms with Gasteiger partial charge in [0.25, 0.3) is 5.91 Å². The number of carboxylic acids is 1. The first-order chi connectivity index (χ1) is 19.6. The van der Waals surface area contributed by atoms with Gasteiger partial charge in [0.2, 0.25) is 0 Å². The molecule has 1 amide bonds. The van der Waals surface area contributed by atoms with Gasteiger partial charge in [-0.1, -0.05) is 54.6 Å². The van der Waals surface area contributed by atoms with Crippen molar-refractivity contribution in [1.29, 1.82) is 0 Å². The second-order valence-electron chi connectivity index (χ2n) is 8.70. The van der Waals surface area contributed by atoms with Gasteiger partial charge in [0, 0.05) is 29.3 Å². The molecule has 0 spiro atoms. The van der Waals surface area contributed by atoms with Crippen molar-refractivity contribution in [2.45, 2.75) is 26.2 Å². The molecular weight excluding hydrogens is 539 g/mol. The van der Waals surface area contributed by atoms with Crippen LogP contribution in [0.1, 0.15) is 27.7 Å². The number of carbonyl (C=O) groups excluding carboxylic acids is 1. The van der Waals surface area contributed by atoms with Crippen molar-refractivity contribution in [3.63, 3.8) is 0 Å². The Kier molecular flexibility index (Phi) is 8.68. The minimum atomic E-state index is -5.08. The van der Waals surface area contributed by atoms with Crippen molar-refractivity contribution in [3.8, 4) is 22.4 Å². The predicted octanol–water partition coefficient (Wildman–Crippen LogP) is 4.41. The normalized spacial score (nSPS) is 11.0. The summed E-state index contributed by atoms with van der Waals surface area (Å²) < 4.78 is 31.7. The van der Waals surface area contributed by atoms with Crippen molar-refractivity contribution < 1.29 is 27.9 Å². The molecule has 0 atom stereocenters. The van der Waals surface area contributed by atoms with Crippen LogP contribution in [0.3, 0.4) is 0 Å². The number of fused-ring (bicyclic) bond motifs is 1.